The minimum Gasteiger partial charge on any atom is -0.339 e. The van der Waals surface area contributed by atoms with Gasteiger partial charge in [-0.2, -0.15) is 14.9 Å². The fourth-order valence-electron chi connectivity index (χ4n) is 2.32. The molecular weight excluding hydrogens is 294 g/mol. The second kappa shape index (κ2) is 5.70. The summed E-state index contributed by atoms with van der Waals surface area (Å²) in [5.41, 5.74) is 4.17. The summed E-state index contributed by atoms with van der Waals surface area (Å²) in [6.45, 7) is 3.94. The minimum absolute atomic E-state index is 0.504. The van der Waals surface area contributed by atoms with Crippen LogP contribution in [0.15, 0.2) is 35.4 Å². The van der Waals surface area contributed by atoms with E-state index < -0.39 is 0 Å². The quantitative estimate of drug-likeness (QED) is 0.590. The van der Waals surface area contributed by atoms with Crippen molar-refractivity contribution in [2.75, 3.05) is 11.6 Å². The fraction of sp³-hybridized carbons (Fsp3) is 0.188. The van der Waals surface area contributed by atoms with Crippen LogP contribution in [0.5, 0.6) is 0 Å². The van der Waals surface area contributed by atoms with Crippen LogP contribution in [0, 0.1) is 25.2 Å². The molecule has 110 valence electrons. The van der Waals surface area contributed by atoms with E-state index in [2.05, 4.69) is 21.5 Å². The first kappa shape index (κ1) is 14.4. The minimum atomic E-state index is 0.504. The van der Waals surface area contributed by atoms with Crippen molar-refractivity contribution < 1.29 is 0 Å². The number of hydrogen-bond acceptors (Lipinski definition) is 5. The number of nitrogens with one attached hydrogen (secondary N) is 1. The monoisotopic (exact) mass is 309 g/mol. The highest BCUT2D eigenvalue weighted by atomic mass is 32.2. The van der Waals surface area contributed by atoms with Gasteiger partial charge in [0.2, 0.25) is 0 Å². The van der Waals surface area contributed by atoms with Crippen molar-refractivity contribution in [1.82, 2.24) is 14.6 Å². The van der Waals surface area contributed by atoms with Gasteiger partial charge in [0.1, 0.15) is 16.7 Å². The Kier molecular flexibility index (Phi) is 3.73. The number of aromatic nitrogens is 3. The van der Waals surface area contributed by atoms with E-state index in [1.54, 1.807) is 4.52 Å². The molecule has 0 spiro atoms. The van der Waals surface area contributed by atoms with Crippen LogP contribution in [-0.2, 0) is 0 Å². The maximum atomic E-state index is 9.54. The molecule has 0 unspecified atom stereocenters. The van der Waals surface area contributed by atoms with E-state index in [1.165, 1.54) is 11.8 Å². The Morgan fingerprint density at radius 3 is 2.77 bits per heavy atom. The highest BCUT2D eigenvalue weighted by Gasteiger charge is 2.16. The van der Waals surface area contributed by atoms with E-state index >= 15 is 0 Å². The Balaban J connectivity index is 2.23. The van der Waals surface area contributed by atoms with Gasteiger partial charge in [0.05, 0.1) is 5.69 Å². The van der Waals surface area contributed by atoms with E-state index in [9.17, 15) is 5.26 Å². The summed E-state index contributed by atoms with van der Waals surface area (Å²) in [5, 5.41) is 18.0. The largest absolute Gasteiger partial charge is 0.339 e. The molecule has 2 heterocycles. The number of thioether (sulfide) groups is 1. The molecule has 0 aliphatic rings. The molecule has 0 aliphatic carbocycles. The number of fused-ring (bicyclic) bond motifs is 1. The van der Waals surface area contributed by atoms with Crippen molar-refractivity contribution in [3.63, 3.8) is 0 Å². The molecule has 2 aromatic heterocycles. The first-order chi connectivity index (χ1) is 10.6. The lowest BCUT2D eigenvalue weighted by molar-refractivity contribution is 0.900. The van der Waals surface area contributed by atoms with Gasteiger partial charge >= 0.3 is 0 Å². The van der Waals surface area contributed by atoms with Crippen LogP contribution in [-0.4, -0.2) is 20.9 Å². The molecule has 5 nitrogen and oxygen atoms in total. The fourth-order valence-corrected chi connectivity index (χ4v) is 2.85. The van der Waals surface area contributed by atoms with Crippen LogP contribution < -0.4 is 5.32 Å². The van der Waals surface area contributed by atoms with Gasteiger partial charge in [0.15, 0.2) is 11.5 Å². The van der Waals surface area contributed by atoms with Crippen LogP contribution in [0.1, 0.15) is 16.8 Å². The normalized spacial score (nSPS) is 10.6. The van der Waals surface area contributed by atoms with Crippen LogP contribution >= 0.6 is 11.8 Å². The van der Waals surface area contributed by atoms with Gasteiger partial charge in [-0.25, -0.2) is 4.98 Å². The molecule has 0 amide bonds. The molecule has 0 radical (unpaired) electrons. The van der Waals surface area contributed by atoms with Crippen molar-refractivity contribution >= 4 is 28.9 Å². The van der Waals surface area contributed by atoms with E-state index in [-0.39, 0.29) is 0 Å². The van der Waals surface area contributed by atoms with Gasteiger partial charge in [-0.1, -0.05) is 12.1 Å². The zero-order valence-corrected chi connectivity index (χ0v) is 13.4. The molecule has 22 heavy (non-hydrogen) atoms. The number of benzene rings is 1. The van der Waals surface area contributed by atoms with Gasteiger partial charge in [0, 0.05) is 11.8 Å². The highest BCUT2D eigenvalue weighted by molar-refractivity contribution is 7.98. The van der Waals surface area contributed by atoms with Crippen molar-refractivity contribution in [3.8, 4) is 6.07 Å². The van der Waals surface area contributed by atoms with Gasteiger partial charge in [-0.3, -0.25) is 0 Å². The summed E-state index contributed by atoms with van der Waals surface area (Å²) in [7, 11) is 0. The van der Waals surface area contributed by atoms with Crippen LogP contribution in [0.3, 0.4) is 0 Å². The summed E-state index contributed by atoms with van der Waals surface area (Å²) in [5.74, 6) is 0.649. The molecular formula is C16H15N5S. The molecule has 3 aromatic rings. The number of hydrogen-bond donors (Lipinski definition) is 1. The smallest absolute Gasteiger partial charge is 0.158 e. The van der Waals surface area contributed by atoms with Crippen molar-refractivity contribution in [1.29, 1.82) is 5.26 Å². The van der Waals surface area contributed by atoms with Crippen molar-refractivity contribution in [2.24, 2.45) is 0 Å². The third kappa shape index (κ3) is 2.51. The number of aryl methyl sites for hydroxylation is 2. The zero-order valence-electron chi connectivity index (χ0n) is 12.6. The summed E-state index contributed by atoms with van der Waals surface area (Å²) < 4.78 is 1.69. The standard InChI is InChI=1S/C16H15N5S/c1-10-5-4-6-12(7-10)18-15-13(9-17)16(22-3)19-14-8-11(2)20-21(14)15/h4-8,18H,1-3H3. The van der Waals surface area contributed by atoms with E-state index in [0.29, 0.717) is 16.4 Å². The third-order valence-corrected chi connectivity index (χ3v) is 3.96. The Hall–Kier alpha value is -2.52. The zero-order chi connectivity index (χ0) is 15.7. The Morgan fingerprint density at radius 1 is 1.27 bits per heavy atom. The highest BCUT2D eigenvalue weighted by Crippen LogP contribution is 2.28. The predicted octanol–water partition coefficient (Wildman–Crippen LogP) is 3.68. The summed E-state index contributed by atoms with van der Waals surface area (Å²) >= 11 is 1.46. The van der Waals surface area contributed by atoms with Crippen LogP contribution in [0.4, 0.5) is 11.5 Å². The van der Waals surface area contributed by atoms with Crippen LogP contribution in [0.2, 0.25) is 0 Å². The van der Waals surface area contributed by atoms with Gasteiger partial charge in [-0.15, -0.1) is 11.8 Å². The first-order valence-corrected chi connectivity index (χ1v) is 8.03. The molecule has 1 aromatic carbocycles. The van der Waals surface area contributed by atoms with Crippen molar-refractivity contribution in [3.05, 3.63) is 47.2 Å². The summed E-state index contributed by atoms with van der Waals surface area (Å²) in [6.07, 6.45) is 1.92. The number of rotatable bonds is 3. The average molecular weight is 309 g/mol. The summed E-state index contributed by atoms with van der Waals surface area (Å²) in [4.78, 5) is 4.51. The second-order valence-electron chi connectivity index (χ2n) is 5.01. The Bertz CT molecular complexity index is 891. The topological polar surface area (TPSA) is 66.0 Å². The predicted molar refractivity (Wildman–Crippen MR) is 88.7 cm³/mol. The van der Waals surface area contributed by atoms with Gasteiger partial charge in [-0.05, 0) is 37.8 Å². The van der Waals surface area contributed by atoms with Gasteiger partial charge in [0.25, 0.3) is 0 Å². The molecule has 6 heteroatoms. The lowest BCUT2D eigenvalue weighted by atomic mass is 10.2. The maximum absolute atomic E-state index is 9.54. The number of anilines is 2. The van der Waals surface area contributed by atoms with E-state index in [4.69, 9.17) is 0 Å². The molecule has 3 rings (SSSR count). The maximum Gasteiger partial charge on any atom is 0.158 e. The lowest BCUT2D eigenvalue weighted by Crippen LogP contribution is -2.06. The molecule has 0 saturated heterocycles. The van der Waals surface area contributed by atoms with Crippen LogP contribution in [0.25, 0.3) is 5.65 Å². The SMILES string of the molecule is CSc1nc2cc(C)nn2c(Nc2cccc(C)c2)c1C#N. The molecule has 0 fully saturated rings. The average Bonchev–Trinajstić information content (AvgIpc) is 2.87. The molecule has 0 aliphatic heterocycles. The number of nitriles is 1. The van der Waals surface area contributed by atoms with Gasteiger partial charge < -0.3 is 5.32 Å². The first-order valence-electron chi connectivity index (χ1n) is 6.80. The Labute approximate surface area is 133 Å². The van der Waals surface area contributed by atoms with E-state index in [1.807, 2.05) is 50.4 Å². The van der Waals surface area contributed by atoms with Crippen molar-refractivity contribution in [2.45, 2.75) is 18.9 Å². The molecule has 1 N–H and O–H groups in total. The Morgan fingerprint density at radius 2 is 2.09 bits per heavy atom. The number of nitrogens with zero attached hydrogens (tertiary/aromatic N) is 4. The molecule has 0 saturated carbocycles. The third-order valence-electron chi connectivity index (χ3n) is 3.28. The van der Waals surface area contributed by atoms with E-state index in [0.717, 1.165) is 22.6 Å². The molecule has 0 atom stereocenters. The second-order valence-corrected chi connectivity index (χ2v) is 5.80. The molecule has 0 bridgehead atoms. The summed E-state index contributed by atoms with van der Waals surface area (Å²) in [6, 6.07) is 12.2. The lowest BCUT2D eigenvalue weighted by Gasteiger charge is -2.12.